The SMILES string of the molecule is CCC(CC(C)C)c1ccc(OC(C)OCCC(=O)c2ccc(C)cc2)cc1. The van der Waals surface area contributed by atoms with Crippen LogP contribution in [0.4, 0.5) is 0 Å². The summed E-state index contributed by atoms with van der Waals surface area (Å²) in [6.07, 6.45) is 2.30. The number of hydrogen-bond acceptors (Lipinski definition) is 3. The average Bonchev–Trinajstić information content (AvgIpc) is 2.67. The van der Waals surface area contributed by atoms with E-state index in [1.165, 1.54) is 12.0 Å². The van der Waals surface area contributed by atoms with Crippen molar-refractivity contribution in [1.29, 1.82) is 0 Å². The average molecular weight is 383 g/mol. The Bertz CT molecular complexity index is 716. The van der Waals surface area contributed by atoms with E-state index in [-0.39, 0.29) is 5.78 Å². The van der Waals surface area contributed by atoms with Crippen LogP contribution in [-0.2, 0) is 4.74 Å². The maximum absolute atomic E-state index is 12.2. The van der Waals surface area contributed by atoms with Gasteiger partial charge in [0.05, 0.1) is 6.61 Å². The molecular formula is C25H34O3. The molecule has 0 bridgehead atoms. The Morgan fingerprint density at radius 3 is 2.18 bits per heavy atom. The molecule has 2 aromatic carbocycles. The van der Waals surface area contributed by atoms with Crippen LogP contribution in [-0.4, -0.2) is 18.7 Å². The molecule has 0 aliphatic heterocycles. The van der Waals surface area contributed by atoms with E-state index in [0.717, 1.165) is 23.3 Å². The zero-order valence-electron chi connectivity index (χ0n) is 17.9. The van der Waals surface area contributed by atoms with Crippen LogP contribution in [0.3, 0.4) is 0 Å². The van der Waals surface area contributed by atoms with Gasteiger partial charge in [-0.15, -0.1) is 0 Å². The topological polar surface area (TPSA) is 35.5 Å². The number of ketones is 1. The molecule has 0 saturated carbocycles. The quantitative estimate of drug-likeness (QED) is 0.326. The van der Waals surface area contributed by atoms with Gasteiger partial charge in [-0.2, -0.15) is 0 Å². The summed E-state index contributed by atoms with van der Waals surface area (Å²) < 4.78 is 11.5. The molecule has 0 aliphatic rings. The lowest BCUT2D eigenvalue weighted by atomic mass is 9.88. The van der Waals surface area contributed by atoms with Crippen LogP contribution in [0.5, 0.6) is 5.75 Å². The Morgan fingerprint density at radius 1 is 0.964 bits per heavy atom. The second-order valence-corrected chi connectivity index (χ2v) is 7.90. The fourth-order valence-corrected chi connectivity index (χ4v) is 3.35. The Kier molecular flexibility index (Phi) is 8.72. The van der Waals surface area contributed by atoms with Crippen molar-refractivity contribution in [2.75, 3.05) is 6.61 Å². The lowest BCUT2D eigenvalue weighted by Gasteiger charge is -2.19. The number of ether oxygens (including phenoxy) is 2. The molecule has 2 atom stereocenters. The fraction of sp³-hybridized carbons (Fsp3) is 0.480. The number of carbonyl (C=O) groups excluding carboxylic acids is 1. The highest BCUT2D eigenvalue weighted by atomic mass is 16.7. The lowest BCUT2D eigenvalue weighted by molar-refractivity contribution is -0.0653. The predicted octanol–water partition coefficient (Wildman–Crippen LogP) is 6.55. The minimum absolute atomic E-state index is 0.0901. The molecule has 2 aromatic rings. The number of Topliss-reactive ketones (excluding diaryl/α,β-unsaturated/α-hetero) is 1. The van der Waals surface area contributed by atoms with Crippen LogP contribution in [0.2, 0.25) is 0 Å². The maximum atomic E-state index is 12.2. The molecule has 0 spiro atoms. The minimum Gasteiger partial charge on any atom is -0.465 e. The Hall–Kier alpha value is -2.13. The van der Waals surface area contributed by atoms with E-state index in [0.29, 0.717) is 24.9 Å². The molecule has 28 heavy (non-hydrogen) atoms. The zero-order chi connectivity index (χ0) is 20.5. The molecule has 0 N–H and O–H groups in total. The van der Waals surface area contributed by atoms with Crippen molar-refractivity contribution in [3.63, 3.8) is 0 Å². The number of hydrogen-bond donors (Lipinski definition) is 0. The predicted molar refractivity (Wildman–Crippen MR) is 115 cm³/mol. The van der Waals surface area contributed by atoms with E-state index < -0.39 is 6.29 Å². The Labute approximate surface area is 170 Å². The summed E-state index contributed by atoms with van der Waals surface area (Å²) in [5.74, 6) is 2.17. The number of benzene rings is 2. The summed E-state index contributed by atoms with van der Waals surface area (Å²) in [5, 5.41) is 0. The van der Waals surface area contributed by atoms with Gasteiger partial charge < -0.3 is 9.47 Å². The van der Waals surface area contributed by atoms with E-state index in [2.05, 4.69) is 32.9 Å². The van der Waals surface area contributed by atoms with Crippen molar-refractivity contribution >= 4 is 5.78 Å². The van der Waals surface area contributed by atoms with E-state index in [9.17, 15) is 4.79 Å². The first-order valence-electron chi connectivity index (χ1n) is 10.4. The van der Waals surface area contributed by atoms with Gasteiger partial charge in [-0.3, -0.25) is 4.79 Å². The maximum Gasteiger partial charge on any atom is 0.196 e. The van der Waals surface area contributed by atoms with Crippen molar-refractivity contribution in [3.8, 4) is 5.75 Å². The summed E-state index contributed by atoms with van der Waals surface area (Å²) >= 11 is 0. The second kappa shape index (κ2) is 11.0. The highest BCUT2D eigenvalue weighted by Crippen LogP contribution is 2.28. The minimum atomic E-state index is -0.394. The monoisotopic (exact) mass is 382 g/mol. The van der Waals surface area contributed by atoms with Crippen LogP contribution in [0, 0.1) is 12.8 Å². The molecule has 0 heterocycles. The Morgan fingerprint density at radius 2 is 1.61 bits per heavy atom. The third-order valence-electron chi connectivity index (χ3n) is 4.96. The van der Waals surface area contributed by atoms with Crippen LogP contribution >= 0.6 is 0 Å². The van der Waals surface area contributed by atoms with Gasteiger partial charge in [-0.05, 0) is 56.2 Å². The smallest absolute Gasteiger partial charge is 0.196 e. The van der Waals surface area contributed by atoms with E-state index in [1.54, 1.807) is 0 Å². The molecule has 2 rings (SSSR count). The van der Waals surface area contributed by atoms with Gasteiger partial charge in [0.25, 0.3) is 0 Å². The molecule has 0 radical (unpaired) electrons. The standard InChI is InChI=1S/C25H34O3/c1-6-21(17-18(2)3)22-11-13-24(14-12-22)28-20(5)27-16-15-25(26)23-9-7-19(4)8-10-23/h7-14,18,20-21H,6,15-17H2,1-5H3. The van der Waals surface area contributed by atoms with Gasteiger partial charge >= 0.3 is 0 Å². The third kappa shape index (κ3) is 7.12. The van der Waals surface area contributed by atoms with Gasteiger partial charge in [-0.25, -0.2) is 0 Å². The highest BCUT2D eigenvalue weighted by Gasteiger charge is 2.12. The molecule has 0 aromatic heterocycles. The second-order valence-electron chi connectivity index (χ2n) is 7.90. The molecule has 0 fully saturated rings. The van der Waals surface area contributed by atoms with Crippen molar-refractivity contribution in [3.05, 3.63) is 65.2 Å². The number of carbonyl (C=O) groups is 1. The van der Waals surface area contributed by atoms with E-state index >= 15 is 0 Å². The number of aryl methyl sites for hydroxylation is 1. The van der Waals surface area contributed by atoms with Crippen LogP contribution < -0.4 is 4.74 Å². The van der Waals surface area contributed by atoms with Gasteiger partial charge in [0.15, 0.2) is 12.1 Å². The van der Waals surface area contributed by atoms with Crippen molar-refractivity contribution in [2.24, 2.45) is 5.92 Å². The molecule has 2 unspecified atom stereocenters. The molecule has 0 amide bonds. The van der Waals surface area contributed by atoms with Crippen molar-refractivity contribution in [1.82, 2.24) is 0 Å². The van der Waals surface area contributed by atoms with E-state index in [1.807, 2.05) is 50.2 Å². The summed E-state index contributed by atoms with van der Waals surface area (Å²) in [5.41, 5.74) is 3.24. The fourth-order valence-electron chi connectivity index (χ4n) is 3.35. The lowest BCUT2D eigenvalue weighted by Crippen LogP contribution is -2.18. The largest absolute Gasteiger partial charge is 0.465 e. The summed E-state index contributed by atoms with van der Waals surface area (Å²) in [4.78, 5) is 12.2. The molecular weight excluding hydrogens is 348 g/mol. The van der Waals surface area contributed by atoms with Crippen LogP contribution in [0.15, 0.2) is 48.5 Å². The molecule has 0 aliphatic carbocycles. The first-order chi connectivity index (χ1) is 13.4. The summed E-state index contributed by atoms with van der Waals surface area (Å²) in [6.45, 7) is 11.0. The third-order valence-corrected chi connectivity index (χ3v) is 4.96. The Balaban J connectivity index is 1.78. The van der Waals surface area contributed by atoms with Gasteiger partial charge in [0.1, 0.15) is 5.75 Å². The highest BCUT2D eigenvalue weighted by molar-refractivity contribution is 5.96. The van der Waals surface area contributed by atoms with Crippen molar-refractivity contribution < 1.29 is 14.3 Å². The van der Waals surface area contributed by atoms with Gasteiger partial charge in [0, 0.05) is 12.0 Å². The first-order valence-corrected chi connectivity index (χ1v) is 10.4. The van der Waals surface area contributed by atoms with E-state index in [4.69, 9.17) is 9.47 Å². The van der Waals surface area contributed by atoms with Gasteiger partial charge in [0.2, 0.25) is 0 Å². The first kappa shape index (κ1) is 22.2. The summed E-state index contributed by atoms with van der Waals surface area (Å²) in [6, 6.07) is 16.0. The van der Waals surface area contributed by atoms with Crippen LogP contribution in [0.1, 0.15) is 74.4 Å². The van der Waals surface area contributed by atoms with Crippen LogP contribution in [0.25, 0.3) is 0 Å². The normalized spacial score (nSPS) is 13.4. The molecule has 0 saturated heterocycles. The molecule has 152 valence electrons. The molecule has 3 nitrogen and oxygen atoms in total. The summed E-state index contributed by atoms with van der Waals surface area (Å²) in [7, 11) is 0. The van der Waals surface area contributed by atoms with Gasteiger partial charge in [-0.1, -0.05) is 62.7 Å². The molecule has 3 heteroatoms. The zero-order valence-corrected chi connectivity index (χ0v) is 17.9. The van der Waals surface area contributed by atoms with Crippen molar-refractivity contribution in [2.45, 2.75) is 66.1 Å². The number of rotatable bonds is 11.